The lowest BCUT2D eigenvalue weighted by Crippen LogP contribution is -2.28. The van der Waals surface area contributed by atoms with E-state index in [0.717, 1.165) is 35.0 Å². The highest BCUT2D eigenvalue weighted by molar-refractivity contribution is 7.99. The molecule has 1 aliphatic rings. The molecule has 0 fully saturated rings. The molecule has 0 radical (unpaired) electrons. The van der Waals surface area contributed by atoms with Crippen LogP contribution >= 0.6 is 34.4 Å². The van der Waals surface area contributed by atoms with Crippen LogP contribution < -0.4 is 5.56 Å². The molecular weight excluding hydrogens is 422 g/mol. The second-order valence-electron chi connectivity index (χ2n) is 7.16. The molecule has 4 rings (SSSR count). The average molecular weight is 446 g/mol. The number of allylic oxidation sites excluding steroid dienone is 1. The summed E-state index contributed by atoms with van der Waals surface area (Å²) in [7, 11) is 1.81. The Bertz CT molecular complexity index is 1100. The van der Waals surface area contributed by atoms with Gasteiger partial charge in [0.25, 0.3) is 5.56 Å². The number of fused-ring (bicyclic) bond motifs is 3. The minimum Gasteiger partial charge on any atom is -0.341 e. The van der Waals surface area contributed by atoms with Crippen LogP contribution in [0.25, 0.3) is 10.2 Å². The van der Waals surface area contributed by atoms with Gasteiger partial charge in [0.1, 0.15) is 4.83 Å². The van der Waals surface area contributed by atoms with Crippen molar-refractivity contribution in [3.63, 3.8) is 0 Å². The maximum atomic E-state index is 13.2. The number of amides is 1. The van der Waals surface area contributed by atoms with Crippen molar-refractivity contribution in [2.75, 3.05) is 12.8 Å². The Morgan fingerprint density at radius 2 is 2.24 bits per heavy atom. The zero-order valence-electron chi connectivity index (χ0n) is 16.3. The van der Waals surface area contributed by atoms with Crippen LogP contribution in [0.2, 0.25) is 0 Å². The van der Waals surface area contributed by atoms with Crippen molar-refractivity contribution in [1.82, 2.24) is 14.5 Å². The van der Waals surface area contributed by atoms with Crippen LogP contribution in [0.5, 0.6) is 0 Å². The summed E-state index contributed by atoms with van der Waals surface area (Å²) in [4.78, 5) is 34.5. The van der Waals surface area contributed by atoms with E-state index in [4.69, 9.17) is 4.98 Å². The van der Waals surface area contributed by atoms with E-state index in [1.54, 1.807) is 45.3 Å². The third-order valence-corrected chi connectivity index (χ3v) is 7.98. The topological polar surface area (TPSA) is 55.2 Å². The van der Waals surface area contributed by atoms with Crippen LogP contribution in [0, 0.1) is 0 Å². The molecule has 1 amide bonds. The number of aryl methyl sites for hydroxylation is 2. The highest BCUT2D eigenvalue weighted by Gasteiger charge is 2.22. The van der Waals surface area contributed by atoms with Gasteiger partial charge < -0.3 is 4.90 Å². The van der Waals surface area contributed by atoms with Crippen LogP contribution in [0.3, 0.4) is 0 Å². The first-order chi connectivity index (χ1) is 14.1. The standard InChI is InChI=1S/C21H23N3O2S3/c1-3-9-24-20(26)18-15-6-4-5-7-16(15)29-19(18)22-21(24)28-13-17(25)23(2)11-14-8-10-27-12-14/h3,8,10,12H,1,4-7,9,11,13H2,2H3. The fourth-order valence-electron chi connectivity index (χ4n) is 3.60. The molecule has 0 spiro atoms. The van der Waals surface area contributed by atoms with Gasteiger partial charge in [-0.05, 0) is 53.6 Å². The smallest absolute Gasteiger partial charge is 0.263 e. The molecule has 0 unspecified atom stereocenters. The van der Waals surface area contributed by atoms with Gasteiger partial charge >= 0.3 is 0 Å². The van der Waals surface area contributed by atoms with Gasteiger partial charge in [0, 0.05) is 25.0 Å². The van der Waals surface area contributed by atoms with Crippen molar-refractivity contribution < 1.29 is 4.79 Å². The Balaban J connectivity index is 1.59. The number of aromatic nitrogens is 2. The second-order valence-corrected chi connectivity index (χ2v) is 9.97. The maximum absolute atomic E-state index is 13.2. The van der Waals surface area contributed by atoms with Crippen molar-refractivity contribution >= 4 is 50.6 Å². The summed E-state index contributed by atoms with van der Waals surface area (Å²) < 4.78 is 1.66. The quantitative estimate of drug-likeness (QED) is 0.308. The average Bonchev–Trinajstić information content (AvgIpc) is 3.35. The predicted octanol–water partition coefficient (Wildman–Crippen LogP) is 4.34. The van der Waals surface area contributed by atoms with Crippen LogP contribution in [0.1, 0.15) is 28.8 Å². The molecule has 3 heterocycles. The van der Waals surface area contributed by atoms with Crippen LogP contribution in [-0.4, -0.2) is 33.2 Å². The molecule has 0 N–H and O–H groups in total. The number of carbonyl (C=O) groups excluding carboxylic acids is 1. The normalized spacial score (nSPS) is 13.4. The monoisotopic (exact) mass is 445 g/mol. The highest BCUT2D eigenvalue weighted by atomic mass is 32.2. The molecule has 0 bridgehead atoms. The van der Waals surface area contributed by atoms with Gasteiger partial charge in [0.05, 0.1) is 11.1 Å². The second kappa shape index (κ2) is 8.85. The Labute approximate surface area is 182 Å². The summed E-state index contributed by atoms with van der Waals surface area (Å²) in [5.41, 5.74) is 2.31. The summed E-state index contributed by atoms with van der Waals surface area (Å²) in [5.74, 6) is 0.270. The largest absolute Gasteiger partial charge is 0.341 e. The van der Waals surface area contributed by atoms with E-state index in [0.29, 0.717) is 18.2 Å². The van der Waals surface area contributed by atoms with Gasteiger partial charge in [0.2, 0.25) is 5.91 Å². The van der Waals surface area contributed by atoms with E-state index in [9.17, 15) is 9.59 Å². The molecule has 0 saturated carbocycles. The Morgan fingerprint density at radius 3 is 3.00 bits per heavy atom. The predicted molar refractivity (Wildman–Crippen MR) is 122 cm³/mol. The molecule has 5 nitrogen and oxygen atoms in total. The van der Waals surface area contributed by atoms with Gasteiger partial charge in [-0.3, -0.25) is 14.2 Å². The summed E-state index contributed by atoms with van der Waals surface area (Å²) in [6, 6.07) is 2.03. The number of hydrogen-bond donors (Lipinski definition) is 0. The van der Waals surface area contributed by atoms with Crippen molar-refractivity contribution in [1.29, 1.82) is 0 Å². The Hall–Kier alpha value is -1.90. The number of carbonyl (C=O) groups is 1. The lowest BCUT2D eigenvalue weighted by atomic mass is 9.97. The third kappa shape index (κ3) is 4.20. The Morgan fingerprint density at radius 1 is 1.41 bits per heavy atom. The van der Waals surface area contributed by atoms with Crippen molar-refractivity contribution in [3.8, 4) is 0 Å². The van der Waals surface area contributed by atoms with Gasteiger partial charge in [-0.2, -0.15) is 11.3 Å². The summed E-state index contributed by atoms with van der Waals surface area (Å²) >= 11 is 4.60. The molecule has 0 aliphatic heterocycles. The van der Waals surface area contributed by atoms with Gasteiger partial charge in [0.15, 0.2) is 5.16 Å². The fraction of sp³-hybridized carbons (Fsp3) is 0.381. The van der Waals surface area contributed by atoms with E-state index in [2.05, 4.69) is 6.58 Å². The molecule has 0 aromatic carbocycles. The van der Waals surface area contributed by atoms with Crippen molar-refractivity contribution in [2.24, 2.45) is 0 Å². The molecule has 0 saturated heterocycles. The minimum atomic E-state index is -0.00382. The lowest BCUT2D eigenvalue weighted by Gasteiger charge is -2.17. The summed E-state index contributed by atoms with van der Waals surface area (Å²) in [6.07, 6.45) is 6.00. The van der Waals surface area contributed by atoms with Gasteiger partial charge in [-0.25, -0.2) is 4.98 Å². The number of nitrogens with zero attached hydrogens (tertiary/aromatic N) is 3. The lowest BCUT2D eigenvalue weighted by molar-refractivity contribution is -0.127. The third-order valence-electron chi connectivity index (χ3n) is 5.10. The zero-order chi connectivity index (χ0) is 20.4. The first-order valence-corrected chi connectivity index (χ1v) is 12.4. The van der Waals surface area contributed by atoms with Crippen LogP contribution in [-0.2, 0) is 30.7 Å². The molecule has 8 heteroatoms. The fourth-order valence-corrected chi connectivity index (χ4v) is 6.51. The van der Waals surface area contributed by atoms with Crippen LogP contribution in [0.4, 0.5) is 0 Å². The van der Waals surface area contributed by atoms with Crippen molar-refractivity contribution in [3.05, 3.63) is 55.8 Å². The highest BCUT2D eigenvalue weighted by Crippen LogP contribution is 2.34. The molecule has 152 valence electrons. The Kier molecular flexibility index (Phi) is 6.22. The number of hydrogen-bond acceptors (Lipinski definition) is 6. The van der Waals surface area contributed by atoms with Gasteiger partial charge in [-0.15, -0.1) is 17.9 Å². The molecule has 29 heavy (non-hydrogen) atoms. The summed E-state index contributed by atoms with van der Waals surface area (Å²) in [5, 5.41) is 5.43. The summed E-state index contributed by atoms with van der Waals surface area (Å²) in [6.45, 7) is 4.78. The molecule has 0 atom stereocenters. The SMILES string of the molecule is C=CCn1c(SCC(=O)N(C)Cc2ccsc2)nc2sc3c(c2c1=O)CCCC3. The number of thioether (sulfide) groups is 1. The molecule has 1 aliphatic carbocycles. The van der Waals surface area contributed by atoms with E-state index in [1.807, 2.05) is 16.8 Å². The van der Waals surface area contributed by atoms with E-state index >= 15 is 0 Å². The van der Waals surface area contributed by atoms with Crippen LogP contribution in [0.15, 0.2) is 39.4 Å². The molecule has 3 aromatic heterocycles. The first-order valence-electron chi connectivity index (χ1n) is 9.62. The van der Waals surface area contributed by atoms with E-state index in [1.165, 1.54) is 28.6 Å². The first kappa shape index (κ1) is 20.4. The number of rotatable bonds is 7. The maximum Gasteiger partial charge on any atom is 0.263 e. The molecular formula is C21H23N3O2S3. The minimum absolute atomic E-state index is 0.00382. The van der Waals surface area contributed by atoms with Gasteiger partial charge in [-0.1, -0.05) is 17.8 Å². The zero-order valence-corrected chi connectivity index (χ0v) is 18.8. The number of thiophene rings is 2. The molecule has 3 aromatic rings. The van der Waals surface area contributed by atoms with Crippen molar-refractivity contribution in [2.45, 2.75) is 43.9 Å². The van der Waals surface area contributed by atoms with E-state index < -0.39 is 0 Å². The van der Waals surface area contributed by atoms with E-state index in [-0.39, 0.29) is 17.2 Å².